The van der Waals surface area contributed by atoms with E-state index < -0.39 is 0 Å². The molecule has 0 amide bonds. The second-order valence-electron chi connectivity index (χ2n) is 8.33. The van der Waals surface area contributed by atoms with Gasteiger partial charge in [-0.1, -0.05) is 84.0 Å². The van der Waals surface area contributed by atoms with Crippen LogP contribution >= 0.6 is 23.4 Å². The highest BCUT2D eigenvalue weighted by Gasteiger charge is 2.19. The quantitative estimate of drug-likeness (QED) is 0.206. The van der Waals surface area contributed by atoms with Gasteiger partial charge in [0.05, 0.1) is 24.0 Å². The first-order valence-electron chi connectivity index (χ1n) is 11.5. The van der Waals surface area contributed by atoms with Gasteiger partial charge in [0.15, 0.2) is 11.0 Å². The van der Waals surface area contributed by atoms with Crippen molar-refractivity contribution in [1.29, 1.82) is 0 Å². The van der Waals surface area contributed by atoms with Gasteiger partial charge in [0.2, 0.25) is 0 Å². The third-order valence-corrected chi connectivity index (χ3v) is 7.21. The maximum absolute atomic E-state index is 6.06. The fourth-order valence-electron chi connectivity index (χ4n) is 4.14. The molecule has 0 aliphatic rings. The molecule has 7 heteroatoms. The van der Waals surface area contributed by atoms with Gasteiger partial charge < -0.3 is 4.42 Å². The van der Waals surface area contributed by atoms with Crippen molar-refractivity contribution >= 4 is 34.3 Å². The summed E-state index contributed by atoms with van der Waals surface area (Å²) in [6, 6.07) is 32.2. The number of halogens is 1. The summed E-state index contributed by atoms with van der Waals surface area (Å²) in [4.78, 5) is 4.93. The van der Waals surface area contributed by atoms with Gasteiger partial charge >= 0.3 is 0 Å². The molecule has 0 atom stereocenters. The number of hydrogen-bond acceptors (Lipinski definition) is 5. The fourth-order valence-corrected chi connectivity index (χ4v) is 5.16. The SMILES string of the molecule is Clc1ccc(CSc2nnc(-c3cc(-c4ccccc4)nc4ccccc34)n2Cc2ccco2)cc1. The van der Waals surface area contributed by atoms with Gasteiger partial charge in [-0.15, -0.1) is 10.2 Å². The molecule has 6 rings (SSSR count). The molecule has 0 saturated heterocycles. The van der Waals surface area contributed by atoms with E-state index in [1.807, 2.05) is 72.8 Å². The zero-order valence-electron chi connectivity index (χ0n) is 19.2. The van der Waals surface area contributed by atoms with E-state index in [4.69, 9.17) is 21.0 Å². The lowest BCUT2D eigenvalue weighted by molar-refractivity contribution is 0.485. The molecule has 3 aromatic heterocycles. The van der Waals surface area contributed by atoms with E-state index in [1.165, 1.54) is 5.56 Å². The number of pyridine rings is 1. The molecule has 0 aliphatic carbocycles. The van der Waals surface area contributed by atoms with E-state index in [1.54, 1.807) is 18.0 Å². The monoisotopic (exact) mass is 508 g/mol. The minimum atomic E-state index is 0.523. The Labute approximate surface area is 217 Å². The maximum atomic E-state index is 6.06. The molecule has 3 aromatic carbocycles. The first kappa shape index (κ1) is 22.6. The second kappa shape index (κ2) is 10.0. The predicted molar refractivity (Wildman–Crippen MR) is 145 cm³/mol. The molecule has 0 bridgehead atoms. The van der Waals surface area contributed by atoms with Gasteiger partial charge in [0.25, 0.3) is 0 Å². The van der Waals surface area contributed by atoms with Gasteiger partial charge in [-0.25, -0.2) is 4.98 Å². The third-order valence-electron chi connectivity index (χ3n) is 5.92. The van der Waals surface area contributed by atoms with Crippen molar-refractivity contribution in [3.05, 3.63) is 120 Å². The van der Waals surface area contributed by atoms with E-state index in [9.17, 15) is 0 Å². The van der Waals surface area contributed by atoms with E-state index >= 15 is 0 Å². The number of fused-ring (bicyclic) bond motifs is 1. The van der Waals surface area contributed by atoms with Crippen molar-refractivity contribution in [3.8, 4) is 22.6 Å². The molecule has 5 nitrogen and oxygen atoms in total. The number of aromatic nitrogens is 4. The van der Waals surface area contributed by atoms with Crippen LogP contribution in [0.1, 0.15) is 11.3 Å². The minimum Gasteiger partial charge on any atom is -0.467 e. The predicted octanol–water partition coefficient (Wildman–Crippen LogP) is 7.75. The number of benzene rings is 3. The maximum Gasteiger partial charge on any atom is 0.192 e. The van der Waals surface area contributed by atoms with Crippen LogP contribution < -0.4 is 0 Å². The first-order valence-corrected chi connectivity index (χ1v) is 12.9. The van der Waals surface area contributed by atoms with Crippen LogP contribution in [-0.4, -0.2) is 19.7 Å². The zero-order valence-corrected chi connectivity index (χ0v) is 20.8. The van der Waals surface area contributed by atoms with Crippen molar-refractivity contribution in [2.75, 3.05) is 0 Å². The van der Waals surface area contributed by atoms with Gasteiger partial charge in [-0.2, -0.15) is 0 Å². The lowest BCUT2D eigenvalue weighted by Gasteiger charge is -2.12. The Balaban J connectivity index is 1.46. The zero-order chi connectivity index (χ0) is 24.3. The molecule has 36 heavy (non-hydrogen) atoms. The van der Waals surface area contributed by atoms with E-state index in [0.717, 1.165) is 55.2 Å². The Morgan fingerprint density at radius 1 is 0.833 bits per heavy atom. The second-order valence-corrected chi connectivity index (χ2v) is 9.70. The molecule has 176 valence electrons. The summed E-state index contributed by atoms with van der Waals surface area (Å²) < 4.78 is 7.82. The average Bonchev–Trinajstić information content (AvgIpc) is 3.59. The van der Waals surface area contributed by atoms with Crippen LogP contribution in [0.2, 0.25) is 5.02 Å². The number of furan rings is 1. The van der Waals surface area contributed by atoms with Crippen molar-refractivity contribution in [1.82, 2.24) is 19.7 Å². The molecular weight excluding hydrogens is 488 g/mol. The molecular formula is C29H21ClN4OS. The lowest BCUT2D eigenvalue weighted by Crippen LogP contribution is -2.04. The van der Waals surface area contributed by atoms with Gasteiger partial charge in [0, 0.05) is 27.3 Å². The Kier molecular flexibility index (Phi) is 6.28. The summed E-state index contributed by atoms with van der Waals surface area (Å²) in [6.07, 6.45) is 1.69. The summed E-state index contributed by atoms with van der Waals surface area (Å²) in [6.45, 7) is 0.523. The van der Waals surface area contributed by atoms with Crippen molar-refractivity contribution in [3.63, 3.8) is 0 Å². The van der Waals surface area contributed by atoms with Gasteiger partial charge in [-0.3, -0.25) is 4.57 Å². The number of rotatable bonds is 7. The third kappa shape index (κ3) is 4.65. The van der Waals surface area contributed by atoms with E-state index in [0.29, 0.717) is 6.54 Å². The standard InChI is InChI=1S/C29H21ClN4OS/c30-22-14-12-20(13-15-22)19-36-29-33-32-28(34(29)18-23-9-6-16-35-23)25-17-27(21-7-2-1-3-8-21)31-26-11-5-4-10-24(25)26/h1-17H,18-19H2. The highest BCUT2D eigenvalue weighted by molar-refractivity contribution is 7.98. The molecule has 0 unspecified atom stereocenters. The van der Waals surface area contributed by atoms with E-state index in [-0.39, 0.29) is 0 Å². The Morgan fingerprint density at radius 2 is 1.64 bits per heavy atom. The highest BCUT2D eigenvalue weighted by atomic mass is 35.5. The van der Waals surface area contributed by atoms with Crippen LogP contribution in [0.3, 0.4) is 0 Å². The number of nitrogens with zero attached hydrogens (tertiary/aromatic N) is 4. The van der Waals surface area contributed by atoms with Crippen molar-refractivity contribution in [2.24, 2.45) is 0 Å². The van der Waals surface area contributed by atoms with Gasteiger partial charge in [-0.05, 0) is 42.0 Å². The van der Waals surface area contributed by atoms with Crippen LogP contribution in [0.4, 0.5) is 0 Å². The largest absolute Gasteiger partial charge is 0.467 e. The van der Waals surface area contributed by atoms with Crippen molar-refractivity contribution in [2.45, 2.75) is 17.5 Å². The molecule has 6 aromatic rings. The molecule has 0 radical (unpaired) electrons. The van der Waals surface area contributed by atoms with E-state index in [2.05, 4.69) is 39.0 Å². The summed E-state index contributed by atoms with van der Waals surface area (Å²) in [5.74, 6) is 2.37. The molecule has 0 saturated carbocycles. The molecule has 0 aliphatic heterocycles. The van der Waals surface area contributed by atoms with Gasteiger partial charge in [0.1, 0.15) is 5.76 Å². The average molecular weight is 509 g/mol. The summed E-state index contributed by atoms with van der Waals surface area (Å²) in [7, 11) is 0. The summed E-state index contributed by atoms with van der Waals surface area (Å²) in [5, 5.41) is 11.9. The smallest absolute Gasteiger partial charge is 0.192 e. The van der Waals surface area contributed by atoms with Crippen LogP contribution in [0.15, 0.2) is 113 Å². The van der Waals surface area contributed by atoms with Crippen LogP contribution in [-0.2, 0) is 12.3 Å². The molecule has 0 N–H and O–H groups in total. The Morgan fingerprint density at radius 3 is 2.44 bits per heavy atom. The topological polar surface area (TPSA) is 56.7 Å². The van der Waals surface area contributed by atoms with Crippen LogP contribution in [0.5, 0.6) is 0 Å². The molecule has 0 fully saturated rings. The highest BCUT2D eigenvalue weighted by Crippen LogP contribution is 2.34. The number of thioether (sulfide) groups is 1. The normalized spacial score (nSPS) is 11.2. The first-order chi connectivity index (χ1) is 17.7. The molecule has 3 heterocycles. The number of para-hydroxylation sites is 1. The summed E-state index contributed by atoms with van der Waals surface area (Å²) in [5.41, 5.74) is 5.01. The Hall–Kier alpha value is -3.87. The minimum absolute atomic E-state index is 0.523. The fraction of sp³-hybridized carbons (Fsp3) is 0.0690. The van der Waals surface area contributed by atoms with Crippen LogP contribution in [0, 0.1) is 0 Å². The summed E-state index contributed by atoms with van der Waals surface area (Å²) >= 11 is 7.70. The molecule has 0 spiro atoms. The lowest BCUT2D eigenvalue weighted by atomic mass is 10.0. The Bertz CT molecular complexity index is 1610. The van der Waals surface area contributed by atoms with Crippen molar-refractivity contribution < 1.29 is 4.42 Å². The van der Waals surface area contributed by atoms with Crippen LogP contribution in [0.25, 0.3) is 33.5 Å². The number of hydrogen-bond donors (Lipinski definition) is 0.